The van der Waals surface area contributed by atoms with Gasteiger partial charge in [0.2, 0.25) is 5.91 Å². The number of carbonyl (C=O) groups is 1. The fourth-order valence-corrected chi connectivity index (χ4v) is 2.52. The number of hydrogen-bond acceptors (Lipinski definition) is 2. The molecule has 0 radical (unpaired) electrons. The Balaban J connectivity index is 0.00000200. The fourth-order valence-electron chi connectivity index (χ4n) is 2.25. The lowest BCUT2D eigenvalue weighted by Gasteiger charge is -2.24. The van der Waals surface area contributed by atoms with E-state index in [1.807, 2.05) is 24.3 Å². The van der Waals surface area contributed by atoms with Gasteiger partial charge in [0.25, 0.3) is 0 Å². The summed E-state index contributed by atoms with van der Waals surface area (Å²) in [6.07, 6.45) is 1.17. The van der Waals surface area contributed by atoms with Gasteiger partial charge in [0.15, 0.2) is 0 Å². The molecule has 0 spiro atoms. The van der Waals surface area contributed by atoms with Crippen molar-refractivity contribution in [1.29, 1.82) is 0 Å². The van der Waals surface area contributed by atoms with Crippen LogP contribution in [-0.2, 0) is 10.3 Å². The van der Waals surface area contributed by atoms with E-state index in [-0.39, 0.29) is 18.3 Å². The molecule has 1 aromatic rings. The Morgan fingerprint density at radius 2 is 1.95 bits per heavy atom. The maximum Gasteiger partial charge on any atom is 0.244 e. The van der Waals surface area contributed by atoms with Crippen LogP contribution in [0, 0.1) is 11.3 Å². The van der Waals surface area contributed by atoms with E-state index in [9.17, 15) is 4.79 Å². The molecule has 1 saturated carbocycles. The summed E-state index contributed by atoms with van der Waals surface area (Å²) in [5, 5.41) is 2.98. The molecule has 1 aliphatic rings. The van der Waals surface area contributed by atoms with Gasteiger partial charge in [-0.2, -0.15) is 0 Å². The van der Waals surface area contributed by atoms with Gasteiger partial charge < -0.3 is 11.1 Å². The highest BCUT2D eigenvalue weighted by molar-refractivity contribution is 9.10. The molecular weight excluding hydrogens is 340 g/mol. The summed E-state index contributed by atoms with van der Waals surface area (Å²) in [5.74, 6) is 0.467. The van der Waals surface area contributed by atoms with E-state index in [2.05, 4.69) is 35.1 Å². The second-order valence-electron chi connectivity index (χ2n) is 6.31. The Kier molecular flexibility index (Phi) is 5.28. The second kappa shape index (κ2) is 6.04. The van der Waals surface area contributed by atoms with E-state index in [1.54, 1.807) is 6.92 Å². The molecule has 0 saturated heterocycles. The van der Waals surface area contributed by atoms with Gasteiger partial charge in [0.1, 0.15) is 5.54 Å². The van der Waals surface area contributed by atoms with Gasteiger partial charge in [-0.15, -0.1) is 12.4 Å². The third-order valence-electron chi connectivity index (χ3n) is 4.14. The Morgan fingerprint density at radius 1 is 1.45 bits per heavy atom. The molecule has 2 unspecified atom stereocenters. The number of nitrogens with two attached hydrogens (primary N) is 1. The van der Waals surface area contributed by atoms with Crippen LogP contribution in [0.25, 0.3) is 0 Å². The first-order valence-electron chi connectivity index (χ1n) is 6.57. The maximum absolute atomic E-state index is 12.2. The number of nitrogens with one attached hydrogen (secondary N) is 1. The summed E-state index contributed by atoms with van der Waals surface area (Å²) in [4.78, 5) is 12.2. The van der Waals surface area contributed by atoms with Crippen LogP contribution in [-0.4, -0.2) is 12.5 Å². The SMILES string of the molecule is CC(N)(C(=O)NCC1CC1(C)C)c1ccc(Br)cc1.Cl. The first-order chi connectivity index (χ1) is 8.73. The van der Waals surface area contributed by atoms with Crippen molar-refractivity contribution in [3.05, 3.63) is 34.3 Å². The molecule has 20 heavy (non-hydrogen) atoms. The van der Waals surface area contributed by atoms with Crippen LogP contribution >= 0.6 is 28.3 Å². The normalized spacial score (nSPS) is 22.4. The molecule has 2 rings (SSSR count). The Morgan fingerprint density at radius 3 is 2.40 bits per heavy atom. The highest BCUT2D eigenvalue weighted by atomic mass is 79.9. The lowest BCUT2D eigenvalue weighted by molar-refractivity contribution is -0.126. The third-order valence-corrected chi connectivity index (χ3v) is 4.67. The minimum atomic E-state index is -0.986. The van der Waals surface area contributed by atoms with E-state index in [4.69, 9.17) is 5.73 Å². The zero-order valence-corrected chi connectivity index (χ0v) is 14.5. The smallest absolute Gasteiger partial charge is 0.244 e. The van der Waals surface area contributed by atoms with Gasteiger partial charge in [-0.05, 0) is 42.4 Å². The number of hydrogen-bond donors (Lipinski definition) is 2. The van der Waals surface area contributed by atoms with Gasteiger partial charge in [-0.1, -0.05) is 41.9 Å². The maximum atomic E-state index is 12.2. The van der Waals surface area contributed by atoms with Crippen molar-refractivity contribution >= 4 is 34.2 Å². The highest BCUT2D eigenvalue weighted by Crippen LogP contribution is 2.51. The Labute approximate surface area is 135 Å². The van der Waals surface area contributed by atoms with Gasteiger partial charge in [0, 0.05) is 11.0 Å². The summed E-state index contributed by atoms with van der Waals surface area (Å²) >= 11 is 3.38. The van der Waals surface area contributed by atoms with Gasteiger partial charge in [0.05, 0.1) is 0 Å². The first-order valence-corrected chi connectivity index (χ1v) is 7.36. The number of rotatable bonds is 4. The molecule has 112 valence electrons. The molecular formula is C15H22BrClN2O. The molecule has 5 heteroatoms. The number of halogens is 2. The van der Waals surface area contributed by atoms with Crippen LogP contribution in [0.15, 0.2) is 28.7 Å². The van der Waals surface area contributed by atoms with Gasteiger partial charge >= 0.3 is 0 Å². The molecule has 1 aliphatic carbocycles. The number of carbonyl (C=O) groups excluding carboxylic acids is 1. The summed E-state index contributed by atoms with van der Waals surface area (Å²) in [7, 11) is 0. The van der Waals surface area contributed by atoms with Crippen molar-refractivity contribution in [3.63, 3.8) is 0 Å². The lowest BCUT2D eigenvalue weighted by atomic mass is 9.92. The summed E-state index contributed by atoms with van der Waals surface area (Å²) < 4.78 is 0.979. The zero-order chi connectivity index (χ0) is 14.3. The fraction of sp³-hybridized carbons (Fsp3) is 0.533. The predicted octanol–water partition coefficient (Wildman–Crippen LogP) is 3.21. The van der Waals surface area contributed by atoms with Crippen LogP contribution in [0.2, 0.25) is 0 Å². The lowest BCUT2D eigenvalue weighted by Crippen LogP contribution is -2.49. The topological polar surface area (TPSA) is 55.1 Å². The van der Waals surface area contributed by atoms with E-state index < -0.39 is 5.54 Å². The number of benzene rings is 1. The third kappa shape index (κ3) is 3.74. The molecule has 1 fully saturated rings. The van der Waals surface area contributed by atoms with E-state index >= 15 is 0 Å². The quantitative estimate of drug-likeness (QED) is 0.865. The molecule has 3 N–H and O–H groups in total. The second-order valence-corrected chi connectivity index (χ2v) is 7.22. The minimum Gasteiger partial charge on any atom is -0.354 e. The zero-order valence-electron chi connectivity index (χ0n) is 12.1. The standard InChI is InChI=1S/C15H21BrN2O.ClH/c1-14(2)8-11(14)9-18-13(19)15(3,17)10-4-6-12(16)7-5-10;/h4-7,11H,8-9,17H2,1-3H3,(H,18,19);1H. The first kappa shape index (κ1) is 17.5. The van der Waals surface area contributed by atoms with Gasteiger partial charge in [-0.25, -0.2) is 0 Å². The van der Waals surface area contributed by atoms with Gasteiger partial charge in [-0.3, -0.25) is 4.79 Å². The molecule has 1 amide bonds. The Bertz CT molecular complexity index is 485. The minimum absolute atomic E-state index is 0. The molecule has 3 nitrogen and oxygen atoms in total. The molecule has 0 aliphatic heterocycles. The van der Waals surface area contributed by atoms with Crippen molar-refractivity contribution in [3.8, 4) is 0 Å². The highest BCUT2D eigenvalue weighted by Gasteiger charge is 2.45. The van der Waals surface area contributed by atoms with Crippen molar-refractivity contribution in [2.45, 2.75) is 32.7 Å². The summed E-state index contributed by atoms with van der Waals surface area (Å²) in [6, 6.07) is 7.56. The van der Waals surface area contributed by atoms with Crippen molar-refractivity contribution < 1.29 is 4.79 Å². The van der Waals surface area contributed by atoms with Crippen molar-refractivity contribution in [1.82, 2.24) is 5.32 Å². The monoisotopic (exact) mass is 360 g/mol. The molecule has 0 bridgehead atoms. The van der Waals surface area contributed by atoms with E-state index in [1.165, 1.54) is 6.42 Å². The van der Waals surface area contributed by atoms with Crippen LogP contribution < -0.4 is 11.1 Å². The van der Waals surface area contributed by atoms with E-state index in [0.29, 0.717) is 11.3 Å². The summed E-state index contributed by atoms with van der Waals surface area (Å²) in [5.41, 5.74) is 6.39. The molecule has 0 heterocycles. The molecule has 2 atom stereocenters. The van der Waals surface area contributed by atoms with Crippen LogP contribution in [0.5, 0.6) is 0 Å². The van der Waals surface area contributed by atoms with Crippen molar-refractivity contribution in [2.75, 3.05) is 6.54 Å². The number of amides is 1. The van der Waals surface area contributed by atoms with Crippen LogP contribution in [0.3, 0.4) is 0 Å². The largest absolute Gasteiger partial charge is 0.354 e. The van der Waals surface area contributed by atoms with Crippen LogP contribution in [0.1, 0.15) is 32.8 Å². The van der Waals surface area contributed by atoms with Crippen molar-refractivity contribution in [2.24, 2.45) is 17.1 Å². The summed E-state index contributed by atoms with van der Waals surface area (Å²) in [6.45, 7) is 6.92. The molecule has 0 aromatic heterocycles. The average Bonchev–Trinajstić information content (AvgIpc) is 2.94. The average molecular weight is 362 g/mol. The Hall–Kier alpha value is -0.580. The predicted molar refractivity (Wildman–Crippen MR) is 87.8 cm³/mol. The van der Waals surface area contributed by atoms with E-state index in [0.717, 1.165) is 16.6 Å². The van der Waals surface area contributed by atoms with Crippen LogP contribution in [0.4, 0.5) is 0 Å². The molecule has 1 aromatic carbocycles.